The number of nitrogens with zero attached hydrogens (tertiary/aromatic N) is 4. The molecule has 1 amide bonds. The second-order valence-electron chi connectivity index (χ2n) is 7.34. The van der Waals surface area contributed by atoms with Gasteiger partial charge in [-0.25, -0.2) is 4.98 Å². The van der Waals surface area contributed by atoms with E-state index in [1.165, 1.54) is 5.82 Å². The van der Waals surface area contributed by atoms with Crippen molar-refractivity contribution in [2.24, 2.45) is 0 Å². The number of nitrogens with one attached hydrogen (secondary N) is 1. The van der Waals surface area contributed by atoms with E-state index in [9.17, 15) is 4.79 Å². The molecule has 1 aromatic heterocycles. The Bertz CT molecular complexity index is 545. The topological polar surface area (TPSA) is 62.6 Å². The van der Waals surface area contributed by atoms with E-state index < -0.39 is 0 Å². The normalized spacial score (nSPS) is 22.5. The van der Waals surface area contributed by atoms with Gasteiger partial charge < -0.3 is 24.4 Å². The van der Waals surface area contributed by atoms with Crippen molar-refractivity contribution in [3.63, 3.8) is 0 Å². The summed E-state index contributed by atoms with van der Waals surface area (Å²) in [6, 6.07) is 0. The van der Waals surface area contributed by atoms with E-state index in [0.29, 0.717) is 18.9 Å². The number of carbonyl (C=O) groups excluding carboxylic acids is 1. The quantitative estimate of drug-likeness (QED) is 0.812. The SMILES string of the molecule is CN(C)CCn1ccnc1C1CCN(C(=O)C[C@@H]2CNCCO2)CC1. The van der Waals surface area contributed by atoms with Gasteiger partial charge in [-0.3, -0.25) is 4.79 Å². The van der Waals surface area contributed by atoms with Gasteiger partial charge in [0.15, 0.2) is 0 Å². The predicted octanol–water partition coefficient (Wildman–Crippen LogP) is 0.529. The van der Waals surface area contributed by atoms with Gasteiger partial charge in [0.1, 0.15) is 5.82 Å². The van der Waals surface area contributed by atoms with E-state index in [1.807, 2.05) is 11.1 Å². The predicted molar refractivity (Wildman–Crippen MR) is 96.6 cm³/mol. The van der Waals surface area contributed by atoms with E-state index in [-0.39, 0.29) is 12.0 Å². The van der Waals surface area contributed by atoms with Crippen molar-refractivity contribution in [1.29, 1.82) is 0 Å². The first-order valence-corrected chi connectivity index (χ1v) is 9.39. The van der Waals surface area contributed by atoms with Gasteiger partial charge in [-0.2, -0.15) is 0 Å². The van der Waals surface area contributed by atoms with E-state index in [4.69, 9.17) is 4.74 Å². The summed E-state index contributed by atoms with van der Waals surface area (Å²) in [5, 5.41) is 3.28. The number of rotatable bonds is 6. The molecule has 140 valence electrons. The molecule has 2 aliphatic rings. The van der Waals surface area contributed by atoms with Crippen molar-refractivity contribution in [1.82, 2.24) is 24.7 Å². The lowest BCUT2D eigenvalue weighted by molar-refractivity contribution is -0.135. The number of carbonyl (C=O) groups is 1. The molecule has 7 nitrogen and oxygen atoms in total. The van der Waals surface area contributed by atoms with Crippen LogP contribution in [0.4, 0.5) is 0 Å². The fourth-order valence-corrected chi connectivity index (χ4v) is 3.64. The molecule has 2 aliphatic heterocycles. The fraction of sp³-hybridized carbons (Fsp3) is 0.778. The maximum Gasteiger partial charge on any atom is 0.225 e. The third-order valence-corrected chi connectivity index (χ3v) is 5.16. The Morgan fingerprint density at radius 2 is 2.20 bits per heavy atom. The Hall–Kier alpha value is -1.44. The smallest absolute Gasteiger partial charge is 0.225 e. The van der Waals surface area contributed by atoms with E-state index in [2.05, 4.69) is 40.1 Å². The number of aromatic nitrogens is 2. The minimum atomic E-state index is 0.0314. The van der Waals surface area contributed by atoms with E-state index in [0.717, 1.165) is 52.1 Å². The number of piperidine rings is 1. The lowest BCUT2D eigenvalue weighted by Crippen LogP contribution is -2.44. The highest BCUT2D eigenvalue weighted by atomic mass is 16.5. The van der Waals surface area contributed by atoms with Crippen LogP contribution in [-0.4, -0.2) is 84.8 Å². The number of morpholine rings is 1. The molecule has 0 unspecified atom stereocenters. The number of amides is 1. The third kappa shape index (κ3) is 5.03. The first kappa shape index (κ1) is 18.4. The molecule has 2 saturated heterocycles. The lowest BCUT2D eigenvalue weighted by Gasteiger charge is -2.33. The first-order chi connectivity index (χ1) is 12.1. The van der Waals surface area contributed by atoms with Gasteiger partial charge in [0.25, 0.3) is 0 Å². The lowest BCUT2D eigenvalue weighted by atomic mass is 9.95. The van der Waals surface area contributed by atoms with Crippen molar-refractivity contribution < 1.29 is 9.53 Å². The van der Waals surface area contributed by atoms with Crippen LogP contribution < -0.4 is 5.32 Å². The average molecular weight is 349 g/mol. The number of ether oxygens (including phenoxy) is 1. The Labute approximate surface area is 150 Å². The largest absolute Gasteiger partial charge is 0.375 e. The number of imidazole rings is 1. The van der Waals surface area contributed by atoms with Crippen LogP contribution in [0.1, 0.15) is 31.0 Å². The maximum absolute atomic E-state index is 12.5. The van der Waals surface area contributed by atoms with Crippen molar-refractivity contribution >= 4 is 5.91 Å². The summed E-state index contributed by atoms with van der Waals surface area (Å²) >= 11 is 0. The molecule has 3 rings (SSSR count). The Balaban J connectivity index is 1.48. The Kier molecular flexibility index (Phi) is 6.45. The average Bonchev–Trinajstić information content (AvgIpc) is 3.09. The molecule has 1 N–H and O–H groups in total. The summed E-state index contributed by atoms with van der Waals surface area (Å²) in [5.41, 5.74) is 0. The second-order valence-corrected chi connectivity index (χ2v) is 7.34. The molecule has 0 spiro atoms. The van der Waals surface area contributed by atoms with Crippen LogP contribution in [0.25, 0.3) is 0 Å². The summed E-state index contributed by atoms with van der Waals surface area (Å²) in [4.78, 5) is 21.3. The fourth-order valence-electron chi connectivity index (χ4n) is 3.64. The first-order valence-electron chi connectivity index (χ1n) is 9.39. The van der Waals surface area contributed by atoms with Crippen LogP contribution >= 0.6 is 0 Å². The highest BCUT2D eigenvalue weighted by Gasteiger charge is 2.28. The van der Waals surface area contributed by atoms with Gasteiger partial charge in [-0.05, 0) is 26.9 Å². The third-order valence-electron chi connectivity index (χ3n) is 5.16. The number of likely N-dealkylation sites (N-methyl/N-ethyl adjacent to an activating group) is 1. The van der Waals surface area contributed by atoms with Crippen molar-refractivity contribution in [2.45, 2.75) is 37.8 Å². The molecule has 25 heavy (non-hydrogen) atoms. The van der Waals surface area contributed by atoms with Crippen LogP contribution in [-0.2, 0) is 16.1 Å². The molecule has 0 saturated carbocycles. The van der Waals surface area contributed by atoms with Gasteiger partial charge in [0, 0.05) is 57.6 Å². The molecule has 0 radical (unpaired) electrons. The Morgan fingerprint density at radius 1 is 1.40 bits per heavy atom. The summed E-state index contributed by atoms with van der Waals surface area (Å²) in [6.45, 7) is 6.00. The zero-order valence-electron chi connectivity index (χ0n) is 15.5. The van der Waals surface area contributed by atoms with E-state index >= 15 is 0 Å². The van der Waals surface area contributed by atoms with Crippen LogP contribution in [0, 0.1) is 0 Å². The van der Waals surface area contributed by atoms with Crippen molar-refractivity contribution in [3.05, 3.63) is 18.2 Å². The van der Waals surface area contributed by atoms with Gasteiger partial charge in [0.2, 0.25) is 5.91 Å². The molecule has 3 heterocycles. The standard InChI is InChI=1S/C18H31N5O2/c1-21(2)10-11-23-9-5-20-18(23)15-3-7-22(8-4-15)17(24)13-16-14-19-6-12-25-16/h5,9,15-16,19H,3-4,6-8,10-14H2,1-2H3/t16-/m1/s1. The summed E-state index contributed by atoms with van der Waals surface area (Å²) in [6.07, 6.45) is 6.49. The molecule has 0 aliphatic carbocycles. The minimum absolute atomic E-state index is 0.0314. The summed E-state index contributed by atoms with van der Waals surface area (Å²) in [7, 11) is 4.18. The molecular weight excluding hydrogens is 318 g/mol. The van der Waals surface area contributed by atoms with E-state index in [1.54, 1.807) is 0 Å². The van der Waals surface area contributed by atoms with Crippen LogP contribution in [0.15, 0.2) is 12.4 Å². The molecule has 7 heteroatoms. The van der Waals surface area contributed by atoms with Gasteiger partial charge in [0.05, 0.1) is 19.1 Å². The zero-order chi connectivity index (χ0) is 17.6. The molecule has 0 bridgehead atoms. The highest BCUT2D eigenvalue weighted by Crippen LogP contribution is 2.27. The zero-order valence-corrected chi connectivity index (χ0v) is 15.5. The number of hydrogen-bond acceptors (Lipinski definition) is 5. The molecule has 2 fully saturated rings. The van der Waals surface area contributed by atoms with Gasteiger partial charge in [-0.1, -0.05) is 0 Å². The van der Waals surface area contributed by atoms with Gasteiger partial charge in [-0.15, -0.1) is 0 Å². The Morgan fingerprint density at radius 3 is 2.88 bits per heavy atom. The molecule has 1 aromatic rings. The molecule has 0 aromatic carbocycles. The monoisotopic (exact) mass is 349 g/mol. The van der Waals surface area contributed by atoms with Crippen molar-refractivity contribution in [2.75, 3.05) is 53.4 Å². The highest BCUT2D eigenvalue weighted by molar-refractivity contribution is 5.76. The van der Waals surface area contributed by atoms with Gasteiger partial charge >= 0.3 is 0 Å². The van der Waals surface area contributed by atoms with Crippen LogP contribution in [0.5, 0.6) is 0 Å². The minimum Gasteiger partial charge on any atom is -0.375 e. The molecule has 1 atom stereocenters. The molecular formula is C18H31N5O2. The maximum atomic E-state index is 12.5. The number of likely N-dealkylation sites (tertiary alicyclic amines) is 1. The second kappa shape index (κ2) is 8.78. The number of hydrogen-bond donors (Lipinski definition) is 1. The van der Waals surface area contributed by atoms with Crippen LogP contribution in [0.3, 0.4) is 0 Å². The van der Waals surface area contributed by atoms with Crippen LogP contribution in [0.2, 0.25) is 0 Å². The summed E-state index contributed by atoms with van der Waals surface area (Å²) in [5.74, 6) is 1.85. The van der Waals surface area contributed by atoms with Crippen molar-refractivity contribution in [3.8, 4) is 0 Å². The summed E-state index contributed by atoms with van der Waals surface area (Å²) < 4.78 is 7.92.